The number of rotatable bonds is 6. The van der Waals surface area contributed by atoms with Gasteiger partial charge in [-0.05, 0) is 42.0 Å². The first-order valence-electron chi connectivity index (χ1n) is 7.41. The summed E-state index contributed by atoms with van der Waals surface area (Å²) in [5, 5.41) is 3.65. The van der Waals surface area contributed by atoms with E-state index in [1.165, 1.54) is 24.0 Å². The molecule has 0 radical (unpaired) electrons. The Labute approximate surface area is 125 Å². The lowest BCUT2D eigenvalue weighted by Gasteiger charge is -2.19. The Kier molecular flexibility index (Phi) is 4.02. The molecule has 1 aliphatic carbocycles. The Morgan fingerprint density at radius 1 is 1.10 bits per heavy atom. The first-order valence-corrected chi connectivity index (χ1v) is 7.41. The number of hydrogen-bond acceptors (Lipinski definition) is 2. The number of amides is 1. The van der Waals surface area contributed by atoms with E-state index in [-0.39, 0.29) is 5.91 Å². The molecule has 1 saturated carbocycles. The summed E-state index contributed by atoms with van der Waals surface area (Å²) in [6, 6.07) is 18.5. The summed E-state index contributed by atoms with van der Waals surface area (Å²) in [7, 11) is 0. The average Bonchev–Trinajstić information content (AvgIpc) is 3.34. The molecule has 0 spiro atoms. The molecule has 21 heavy (non-hydrogen) atoms. The third-order valence-corrected chi connectivity index (χ3v) is 4.02. The third kappa shape index (κ3) is 3.50. The predicted octanol–water partition coefficient (Wildman–Crippen LogP) is 3.03. The van der Waals surface area contributed by atoms with Gasteiger partial charge in [0.15, 0.2) is 0 Å². The normalized spacial score (nSPS) is 15.6. The van der Waals surface area contributed by atoms with Crippen LogP contribution in [0.1, 0.15) is 40.4 Å². The highest BCUT2D eigenvalue weighted by Crippen LogP contribution is 2.41. The highest BCUT2D eigenvalue weighted by atomic mass is 16.1. The van der Waals surface area contributed by atoms with Crippen molar-refractivity contribution in [3.8, 4) is 0 Å². The van der Waals surface area contributed by atoms with Crippen molar-refractivity contribution >= 4 is 5.91 Å². The second kappa shape index (κ2) is 6.10. The van der Waals surface area contributed by atoms with Crippen LogP contribution in [0.5, 0.6) is 0 Å². The van der Waals surface area contributed by atoms with Crippen LogP contribution < -0.4 is 11.1 Å². The minimum Gasteiger partial charge on any atom is -0.366 e. The highest BCUT2D eigenvalue weighted by Gasteiger charge is 2.31. The molecule has 2 aromatic rings. The van der Waals surface area contributed by atoms with Gasteiger partial charge < -0.3 is 11.1 Å². The molecule has 0 saturated heterocycles. The number of nitrogens with one attached hydrogen (secondary N) is 1. The topological polar surface area (TPSA) is 55.1 Å². The van der Waals surface area contributed by atoms with Gasteiger partial charge in [-0.25, -0.2) is 0 Å². The van der Waals surface area contributed by atoms with Gasteiger partial charge in [0, 0.05) is 18.2 Å². The largest absolute Gasteiger partial charge is 0.366 e. The molecular weight excluding hydrogens is 260 g/mol. The van der Waals surface area contributed by atoms with Crippen LogP contribution in [0.3, 0.4) is 0 Å². The number of nitrogens with two attached hydrogens (primary N) is 1. The lowest BCUT2D eigenvalue weighted by Crippen LogP contribution is -2.22. The molecule has 0 aliphatic heterocycles. The predicted molar refractivity (Wildman–Crippen MR) is 83.7 cm³/mol. The summed E-state index contributed by atoms with van der Waals surface area (Å²) in [6.45, 7) is 0.801. The van der Waals surface area contributed by atoms with Gasteiger partial charge in [0.05, 0.1) is 0 Å². The first kappa shape index (κ1) is 13.8. The Balaban J connectivity index is 1.66. The van der Waals surface area contributed by atoms with E-state index in [9.17, 15) is 4.79 Å². The van der Waals surface area contributed by atoms with Crippen molar-refractivity contribution in [3.05, 3.63) is 71.3 Å². The van der Waals surface area contributed by atoms with Crippen molar-refractivity contribution in [3.63, 3.8) is 0 Å². The zero-order valence-corrected chi connectivity index (χ0v) is 12.0. The van der Waals surface area contributed by atoms with E-state index in [1.54, 1.807) is 12.1 Å². The van der Waals surface area contributed by atoms with Crippen LogP contribution in [0.15, 0.2) is 54.6 Å². The fraction of sp³-hybridized carbons (Fsp3) is 0.278. The molecule has 2 aromatic carbocycles. The molecule has 3 heteroatoms. The summed E-state index contributed by atoms with van der Waals surface area (Å²) < 4.78 is 0. The Hall–Kier alpha value is -2.13. The second-order valence-electron chi connectivity index (χ2n) is 5.67. The van der Waals surface area contributed by atoms with Crippen LogP contribution in [0.4, 0.5) is 0 Å². The van der Waals surface area contributed by atoms with E-state index in [2.05, 4.69) is 35.6 Å². The van der Waals surface area contributed by atoms with Crippen LogP contribution in [0.2, 0.25) is 0 Å². The lowest BCUT2D eigenvalue weighted by molar-refractivity contribution is 0.100. The molecule has 1 unspecified atom stereocenters. The quantitative estimate of drug-likeness (QED) is 0.854. The Bertz CT molecular complexity index is 603. The van der Waals surface area contributed by atoms with Gasteiger partial charge in [-0.15, -0.1) is 0 Å². The van der Waals surface area contributed by atoms with Crippen LogP contribution >= 0.6 is 0 Å². The van der Waals surface area contributed by atoms with Crippen LogP contribution in [-0.2, 0) is 6.54 Å². The van der Waals surface area contributed by atoms with Crippen molar-refractivity contribution in [2.75, 3.05) is 0 Å². The van der Waals surface area contributed by atoms with Crippen molar-refractivity contribution in [2.24, 2.45) is 11.7 Å². The molecule has 0 heterocycles. The Morgan fingerprint density at radius 2 is 1.76 bits per heavy atom. The van der Waals surface area contributed by atoms with E-state index < -0.39 is 0 Å². The van der Waals surface area contributed by atoms with Crippen LogP contribution in [-0.4, -0.2) is 5.91 Å². The van der Waals surface area contributed by atoms with E-state index in [1.807, 2.05) is 12.1 Å². The maximum absolute atomic E-state index is 11.1. The van der Waals surface area contributed by atoms with Gasteiger partial charge in [0.25, 0.3) is 0 Å². The average molecular weight is 280 g/mol. The maximum Gasteiger partial charge on any atom is 0.248 e. The van der Waals surface area contributed by atoms with E-state index in [0.29, 0.717) is 11.6 Å². The van der Waals surface area contributed by atoms with Crippen molar-refractivity contribution < 1.29 is 4.79 Å². The second-order valence-corrected chi connectivity index (χ2v) is 5.67. The lowest BCUT2D eigenvalue weighted by atomic mass is 10.0. The fourth-order valence-electron chi connectivity index (χ4n) is 2.66. The molecule has 3 rings (SSSR count). The molecule has 1 aliphatic rings. The number of benzene rings is 2. The van der Waals surface area contributed by atoms with Crippen molar-refractivity contribution in [1.82, 2.24) is 5.32 Å². The monoisotopic (exact) mass is 280 g/mol. The third-order valence-electron chi connectivity index (χ3n) is 4.02. The maximum atomic E-state index is 11.1. The summed E-state index contributed by atoms with van der Waals surface area (Å²) >= 11 is 0. The van der Waals surface area contributed by atoms with E-state index in [4.69, 9.17) is 5.73 Å². The fourth-order valence-corrected chi connectivity index (χ4v) is 2.66. The minimum atomic E-state index is -0.380. The zero-order valence-electron chi connectivity index (χ0n) is 12.0. The zero-order chi connectivity index (χ0) is 14.7. The molecule has 1 fully saturated rings. The molecule has 1 atom stereocenters. The van der Waals surface area contributed by atoms with Gasteiger partial charge in [0.2, 0.25) is 5.91 Å². The number of carbonyl (C=O) groups excluding carboxylic acids is 1. The van der Waals surface area contributed by atoms with Gasteiger partial charge in [-0.1, -0.05) is 42.5 Å². The molecule has 3 nitrogen and oxygen atoms in total. The van der Waals surface area contributed by atoms with Gasteiger partial charge in [-0.3, -0.25) is 4.79 Å². The van der Waals surface area contributed by atoms with Crippen LogP contribution in [0.25, 0.3) is 0 Å². The molecule has 0 bridgehead atoms. The molecule has 1 amide bonds. The summed E-state index contributed by atoms with van der Waals surface area (Å²) in [6.07, 6.45) is 2.60. The SMILES string of the molecule is NC(=O)c1ccc(CNC(c2ccccc2)C2CC2)cc1. The molecule has 3 N–H and O–H groups in total. The standard InChI is InChI=1S/C18H20N2O/c19-18(21)16-8-6-13(7-9-16)12-20-17(15-10-11-15)14-4-2-1-3-5-14/h1-9,15,17,20H,10-12H2,(H2,19,21). The van der Waals surface area contributed by atoms with E-state index in [0.717, 1.165) is 12.5 Å². The summed E-state index contributed by atoms with van der Waals surface area (Å²) in [4.78, 5) is 11.1. The van der Waals surface area contributed by atoms with Crippen molar-refractivity contribution in [1.29, 1.82) is 0 Å². The summed E-state index contributed by atoms with van der Waals surface area (Å²) in [5.74, 6) is 0.368. The van der Waals surface area contributed by atoms with Crippen LogP contribution in [0, 0.1) is 5.92 Å². The minimum absolute atomic E-state index is 0.380. The van der Waals surface area contributed by atoms with Gasteiger partial charge in [-0.2, -0.15) is 0 Å². The Morgan fingerprint density at radius 3 is 2.33 bits per heavy atom. The smallest absolute Gasteiger partial charge is 0.248 e. The number of carbonyl (C=O) groups is 1. The molecule has 108 valence electrons. The van der Waals surface area contributed by atoms with Gasteiger partial charge in [0.1, 0.15) is 0 Å². The van der Waals surface area contributed by atoms with Gasteiger partial charge >= 0.3 is 0 Å². The molecular formula is C18H20N2O. The van der Waals surface area contributed by atoms with E-state index >= 15 is 0 Å². The highest BCUT2D eigenvalue weighted by molar-refractivity contribution is 5.92. The number of primary amides is 1. The van der Waals surface area contributed by atoms with Crippen molar-refractivity contribution in [2.45, 2.75) is 25.4 Å². The number of hydrogen-bond donors (Lipinski definition) is 2. The first-order chi connectivity index (χ1) is 10.2. The molecule has 0 aromatic heterocycles. The summed E-state index contributed by atoms with van der Waals surface area (Å²) in [5.41, 5.74) is 8.33.